The molecule has 0 atom stereocenters. The summed E-state index contributed by atoms with van der Waals surface area (Å²) in [5.41, 5.74) is 2.64. The average molecular weight is 355 g/mol. The van der Waals surface area contributed by atoms with Crippen LogP contribution in [0, 0.1) is 12.8 Å². The summed E-state index contributed by atoms with van der Waals surface area (Å²) in [4.78, 5) is 11.8. The van der Waals surface area contributed by atoms with Crippen molar-refractivity contribution in [3.8, 4) is 0 Å². The number of benzene rings is 1. The number of nitrogens with one attached hydrogen (secondary N) is 1. The monoisotopic (exact) mass is 354 g/mol. The summed E-state index contributed by atoms with van der Waals surface area (Å²) in [6.45, 7) is 10.5. The fourth-order valence-electron chi connectivity index (χ4n) is 2.67. The Labute approximate surface area is 146 Å². The lowest BCUT2D eigenvalue weighted by Crippen LogP contribution is -2.39. The molecule has 0 aliphatic carbocycles. The highest BCUT2D eigenvalue weighted by atomic mass is 32.2. The van der Waals surface area contributed by atoms with Crippen LogP contribution in [0.25, 0.3) is 0 Å². The number of para-hydroxylation sites is 1. The van der Waals surface area contributed by atoms with E-state index in [2.05, 4.69) is 5.32 Å². The Morgan fingerprint density at radius 3 is 2.33 bits per heavy atom. The number of hydrogen-bond acceptors (Lipinski definition) is 3. The van der Waals surface area contributed by atoms with Crippen LogP contribution in [0.2, 0.25) is 0 Å². The first-order valence-corrected chi connectivity index (χ1v) is 10.2. The molecule has 0 aromatic heterocycles. The lowest BCUT2D eigenvalue weighted by molar-refractivity contribution is -0.121. The minimum Gasteiger partial charge on any atom is -0.354 e. The van der Waals surface area contributed by atoms with Crippen molar-refractivity contribution in [2.45, 2.75) is 47.0 Å². The second-order valence-corrected chi connectivity index (χ2v) is 8.86. The van der Waals surface area contributed by atoms with Gasteiger partial charge in [0.2, 0.25) is 15.9 Å². The molecule has 0 unspecified atom stereocenters. The maximum Gasteiger partial charge on any atom is 0.232 e. The molecule has 0 fully saturated rings. The molecule has 1 rings (SSSR count). The molecule has 1 aromatic carbocycles. The first-order chi connectivity index (χ1) is 11.0. The van der Waals surface area contributed by atoms with Gasteiger partial charge in [-0.2, -0.15) is 0 Å². The van der Waals surface area contributed by atoms with Crippen LogP contribution in [0.15, 0.2) is 18.2 Å². The van der Waals surface area contributed by atoms with Crippen molar-refractivity contribution in [2.24, 2.45) is 5.92 Å². The van der Waals surface area contributed by atoms with Gasteiger partial charge in [-0.3, -0.25) is 9.10 Å². The van der Waals surface area contributed by atoms with Crippen molar-refractivity contribution < 1.29 is 13.2 Å². The van der Waals surface area contributed by atoms with Crippen LogP contribution in [0.4, 0.5) is 5.69 Å². The van der Waals surface area contributed by atoms with E-state index in [-0.39, 0.29) is 24.3 Å². The van der Waals surface area contributed by atoms with E-state index in [0.29, 0.717) is 13.0 Å². The number of carbonyl (C=O) groups excluding carboxylic acids is 1. The molecule has 0 aliphatic heterocycles. The summed E-state index contributed by atoms with van der Waals surface area (Å²) in [5, 5.41) is 2.81. The van der Waals surface area contributed by atoms with Gasteiger partial charge in [-0.15, -0.1) is 0 Å². The van der Waals surface area contributed by atoms with Crippen LogP contribution in [0.1, 0.15) is 51.2 Å². The minimum atomic E-state index is -3.44. The highest BCUT2D eigenvalue weighted by Gasteiger charge is 2.23. The van der Waals surface area contributed by atoms with Crippen LogP contribution in [-0.2, 0) is 14.8 Å². The number of amides is 1. The lowest BCUT2D eigenvalue weighted by atomic mass is 9.98. The van der Waals surface area contributed by atoms with Crippen molar-refractivity contribution in [3.63, 3.8) is 0 Å². The quantitative estimate of drug-likeness (QED) is 0.780. The van der Waals surface area contributed by atoms with Gasteiger partial charge in [0, 0.05) is 13.0 Å². The maximum absolute atomic E-state index is 12.3. The van der Waals surface area contributed by atoms with Crippen molar-refractivity contribution in [1.29, 1.82) is 0 Å². The maximum atomic E-state index is 12.3. The lowest BCUT2D eigenvalue weighted by Gasteiger charge is -2.28. The summed E-state index contributed by atoms with van der Waals surface area (Å²) >= 11 is 0. The topological polar surface area (TPSA) is 66.5 Å². The highest BCUT2D eigenvalue weighted by molar-refractivity contribution is 7.92. The molecule has 5 nitrogen and oxygen atoms in total. The summed E-state index contributed by atoms with van der Waals surface area (Å²) < 4.78 is 26.1. The molecule has 0 heterocycles. The highest BCUT2D eigenvalue weighted by Crippen LogP contribution is 2.32. The van der Waals surface area contributed by atoms with Crippen molar-refractivity contribution >= 4 is 21.6 Å². The largest absolute Gasteiger partial charge is 0.354 e. The fourth-order valence-corrected chi connectivity index (χ4v) is 3.68. The van der Waals surface area contributed by atoms with Gasteiger partial charge in [0.25, 0.3) is 0 Å². The third-order valence-electron chi connectivity index (χ3n) is 3.77. The molecule has 0 aliphatic rings. The molecular weight excluding hydrogens is 324 g/mol. The molecule has 1 amide bonds. The van der Waals surface area contributed by atoms with Gasteiger partial charge < -0.3 is 5.32 Å². The molecule has 0 saturated carbocycles. The fraction of sp³-hybridized carbons (Fsp3) is 0.611. The van der Waals surface area contributed by atoms with E-state index >= 15 is 0 Å². The van der Waals surface area contributed by atoms with Crippen LogP contribution < -0.4 is 9.62 Å². The molecule has 0 saturated heterocycles. The Balaban J connectivity index is 3.03. The Hall–Kier alpha value is -1.56. The van der Waals surface area contributed by atoms with E-state index in [0.717, 1.165) is 16.8 Å². The molecule has 0 radical (unpaired) electrons. The zero-order valence-corrected chi connectivity index (χ0v) is 16.4. The smallest absolute Gasteiger partial charge is 0.232 e. The van der Waals surface area contributed by atoms with E-state index in [1.165, 1.54) is 10.6 Å². The van der Waals surface area contributed by atoms with E-state index < -0.39 is 10.0 Å². The molecule has 1 N–H and O–H groups in total. The van der Waals surface area contributed by atoms with Gasteiger partial charge >= 0.3 is 0 Å². The van der Waals surface area contributed by atoms with Crippen molar-refractivity contribution in [2.75, 3.05) is 23.7 Å². The van der Waals surface area contributed by atoms with Gasteiger partial charge in [-0.25, -0.2) is 8.42 Å². The predicted octanol–water partition coefficient (Wildman–Crippen LogP) is 3.05. The molecular formula is C18H30N2O3S. The van der Waals surface area contributed by atoms with E-state index in [1.54, 1.807) is 0 Å². The van der Waals surface area contributed by atoms with Gasteiger partial charge in [0.05, 0.1) is 18.5 Å². The number of aryl methyl sites for hydroxylation is 1. The minimum absolute atomic E-state index is 0.0488. The Kier molecular flexibility index (Phi) is 7.27. The van der Waals surface area contributed by atoms with E-state index in [1.807, 2.05) is 52.8 Å². The number of rotatable bonds is 8. The van der Waals surface area contributed by atoms with E-state index in [9.17, 15) is 13.2 Å². The third-order valence-corrected chi connectivity index (χ3v) is 4.94. The molecule has 1 aromatic rings. The molecule has 24 heavy (non-hydrogen) atoms. The predicted molar refractivity (Wildman–Crippen MR) is 99.9 cm³/mol. The zero-order valence-electron chi connectivity index (χ0n) is 15.6. The van der Waals surface area contributed by atoms with Crippen LogP contribution in [0.5, 0.6) is 0 Å². The second-order valence-electron chi connectivity index (χ2n) is 6.95. The summed E-state index contributed by atoms with van der Waals surface area (Å²) in [7, 11) is -3.44. The first kappa shape index (κ1) is 20.5. The number of anilines is 1. The summed E-state index contributed by atoms with van der Waals surface area (Å²) in [6, 6.07) is 5.82. The van der Waals surface area contributed by atoms with Crippen molar-refractivity contribution in [1.82, 2.24) is 5.32 Å². The summed E-state index contributed by atoms with van der Waals surface area (Å²) in [5.74, 6) is 0.437. The zero-order chi connectivity index (χ0) is 18.5. The number of hydrogen-bond donors (Lipinski definition) is 1. The molecule has 0 bridgehead atoms. The molecule has 6 heteroatoms. The van der Waals surface area contributed by atoms with E-state index in [4.69, 9.17) is 0 Å². The Morgan fingerprint density at radius 2 is 1.83 bits per heavy atom. The molecule has 136 valence electrons. The number of nitrogens with zero attached hydrogens (tertiary/aromatic N) is 1. The van der Waals surface area contributed by atoms with Crippen LogP contribution >= 0.6 is 0 Å². The standard InChI is InChI=1S/C18H30N2O3S/c1-13(2)12-17(21)19-10-11-20(24(6,22)23)18-15(5)8-7-9-16(18)14(3)4/h7-9,13-14H,10-12H2,1-6H3,(H,19,21). The Morgan fingerprint density at radius 1 is 1.21 bits per heavy atom. The number of sulfonamides is 1. The number of carbonyl (C=O) groups is 1. The van der Waals surface area contributed by atoms with Crippen LogP contribution in [0.3, 0.4) is 0 Å². The summed E-state index contributed by atoms with van der Waals surface area (Å²) in [6.07, 6.45) is 1.65. The second kappa shape index (κ2) is 8.51. The SMILES string of the molecule is Cc1cccc(C(C)C)c1N(CCNC(=O)CC(C)C)S(C)(=O)=O. The third kappa shape index (κ3) is 5.82. The van der Waals surface area contributed by atoms with Gasteiger partial charge in [0.1, 0.15) is 0 Å². The first-order valence-electron chi connectivity index (χ1n) is 8.38. The Bertz CT molecular complexity index is 667. The van der Waals surface area contributed by atoms with Crippen molar-refractivity contribution in [3.05, 3.63) is 29.3 Å². The average Bonchev–Trinajstić information content (AvgIpc) is 2.41. The van der Waals surface area contributed by atoms with Gasteiger partial charge in [-0.1, -0.05) is 45.9 Å². The van der Waals surface area contributed by atoms with Crippen LogP contribution in [-0.4, -0.2) is 33.7 Å². The van der Waals surface area contributed by atoms with Gasteiger partial charge in [-0.05, 0) is 29.9 Å². The van der Waals surface area contributed by atoms with Gasteiger partial charge in [0.15, 0.2) is 0 Å². The molecule has 0 spiro atoms. The normalized spacial score (nSPS) is 11.8.